The van der Waals surface area contributed by atoms with E-state index < -0.39 is 18.3 Å². The van der Waals surface area contributed by atoms with E-state index in [9.17, 15) is 13.2 Å². The fourth-order valence-corrected chi connectivity index (χ4v) is 0.962. The third-order valence-corrected chi connectivity index (χ3v) is 1.85. The molecule has 2 N–H and O–H groups in total. The van der Waals surface area contributed by atoms with E-state index in [1.807, 2.05) is 0 Å². The summed E-state index contributed by atoms with van der Waals surface area (Å²) in [5.74, 6) is -0.506. The monoisotopic (exact) mass is 225 g/mol. The van der Waals surface area contributed by atoms with Crippen LogP contribution in [0.5, 0.6) is 0 Å². The zero-order valence-electron chi connectivity index (χ0n) is 7.51. The third-order valence-electron chi connectivity index (χ3n) is 1.85. The Morgan fingerprint density at radius 1 is 1.29 bits per heavy atom. The second-order valence-electron chi connectivity index (χ2n) is 2.87. The van der Waals surface area contributed by atoms with Gasteiger partial charge in [0.15, 0.2) is 0 Å². The lowest BCUT2D eigenvalue weighted by Gasteiger charge is -2.10. The smallest absolute Gasteiger partial charge is 0.257 e. The average Bonchev–Trinajstić information content (AvgIpc) is 2.08. The van der Waals surface area contributed by atoms with Crippen LogP contribution >= 0.6 is 12.4 Å². The summed E-state index contributed by atoms with van der Waals surface area (Å²) < 4.78 is 37.1. The quantitative estimate of drug-likeness (QED) is 0.823. The van der Waals surface area contributed by atoms with Crippen molar-refractivity contribution >= 4 is 12.4 Å². The lowest BCUT2D eigenvalue weighted by Crippen LogP contribution is -2.19. The summed E-state index contributed by atoms with van der Waals surface area (Å²) in [4.78, 5) is 0. The molecule has 1 nitrogen and oxygen atoms in total. The molecule has 1 aromatic carbocycles. The fraction of sp³-hybridized carbons (Fsp3) is 0.333. The molecule has 0 unspecified atom stereocenters. The van der Waals surface area contributed by atoms with Crippen molar-refractivity contribution in [2.75, 3.05) is 0 Å². The molecular weight excluding hydrogens is 215 g/mol. The Morgan fingerprint density at radius 3 is 2.29 bits per heavy atom. The van der Waals surface area contributed by atoms with Gasteiger partial charge in [0, 0.05) is 0 Å². The number of benzene rings is 1. The van der Waals surface area contributed by atoms with Gasteiger partial charge in [-0.25, -0.2) is 13.2 Å². The number of halogens is 4. The summed E-state index contributed by atoms with van der Waals surface area (Å²) in [6.45, 7) is 1.56. The van der Waals surface area contributed by atoms with Gasteiger partial charge in [-0.3, -0.25) is 0 Å². The van der Waals surface area contributed by atoms with Crippen LogP contribution in [0.15, 0.2) is 18.2 Å². The van der Waals surface area contributed by atoms with E-state index in [0.717, 1.165) is 6.07 Å². The Hall–Kier alpha value is -0.740. The maximum atomic E-state index is 12.9. The molecule has 0 fully saturated rings. The normalized spacial score (nSPS) is 12.4. The Morgan fingerprint density at radius 2 is 1.86 bits per heavy atom. The van der Waals surface area contributed by atoms with Gasteiger partial charge in [0.25, 0.3) is 6.43 Å². The molecule has 0 saturated carbocycles. The van der Waals surface area contributed by atoms with E-state index >= 15 is 0 Å². The molecule has 1 atom stereocenters. The molecule has 0 heterocycles. The summed E-state index contributed by atoms with van der Waals surface area (Å²) in [7, 11) is 0. The van der Waals surface area contributed by atoms with Gasteiger partial charge in [-0.15, -0.1) is 12.4 Å². The topological polar surface area (TPSA) is 26.0 Å². The molecule has 1 rings (SSSR count). The summed E-state index contributed by atoms with van der Waals surface area (Å²) in [5.41, 5.74) is 5.68. The summed E-state index contributed by atoms with van der Waals surface area (Å²) in [6, 6.07) is 2.49. The van der Waals surface area contributed by atoms with Gasteiger partial charge in [-0.05, 0) is 24.1 Å². The van der Waals surface area contributed by atoms with Crippen LogP contribution in [0, 0.1) is 12.7 Å². The van der Waals surface area contributed by atoms with E-state index in [2.05, 4.69) is 0 Å². The second kappa shape index (κ2) is 5.22. The van der Waals surface area contributed by atoms with Crippen molar-refractivity contribution in [2.24, 2.45) is 5.73 Å². The van der Waals surface area contributed by atoms with Crippen LogP contribution in [0.1, 0.15) is 17.2 Å². The van der Waals surface area contributed by atoms with Gasteiger partial charge in [0.2, 0.25) is 0 Å². The first-order valence-corrected chi connectivity index (χ1v) is 3.82. The molecule has 0 saturated heterocycles. The summed E-state index contributed by atoms with van der Waals surface area (Å²) in [5, 5.41) is 0. The van der Waals surface area contributed by atoms with Crippen LogP contribution in [0.2, 0.25) is 0 Å². The zero-order valence-corrected chi connectivity index (χ0v) is 8.32. The van der Waals surface area contributed by atoms with Crippen LogP contribution in [0.4, 0.5) is 13.2 Å². The predicted molar refractivity (Wildman–Crippen MR) is 51.3 cm³/mol. The minimum atomic E-state index is -2.66. The van der Waals surface area contributed by atoms with E-state index in [4.69, 9.17) is 5.73 Å². The van der Waals surface area contributed by atoms with Crippen molar-refractivity contribution in [1.29, 1.82) is 0 Å². The Bertz CT molecular complexity index is 304. The van der Waals surface area contributed by atoms with Gasteiger partial charge in [0.05, 0.1) is 6.04 Å². The molecule has 0 aromatic heterocycles. The van der Waals surface area contributed by atoms with Crippen molar-refractivity contribution < 1.29 is 13.2 Å². The van der Waals surface area contributed by atoms with E-state index in [-0.39, 0.29) is 18.0 Å². The number of rotatable bonds is 2. The molecule has 0 aliphatic rings. The summed E-state index contributed by atoms with van der Waals surface area (Å²) >= 11 is 0. The molecule has 0 amide bonds. The van der Waals surface area contributed by atoms with Crippen molar-refractivity contribution in [3.8, 4) is 0 Å². The first-order valence-electron chi connectivity index (χ1n) is 3.82. The minimum absolute atomic E-state index is 0. The molecule has 1 aromatic rings. The van der Waals surface area contributed by atoms with E-state index in [0.29, 0.717) is 5.56 Å². The molecule has 5 heteroatoms. The maximum Gasteiger partial charge on any atom is 0.257 e. The number of hydrogen-bond donors (Lipinski definition) is 1. The van der Waals surface area contributed by atoms with Gasteiger partial charge >= 0.3 is 0 Å². The van der Waals surface area contributed by atoms with E-state index in [1.165, 1.54) is 12.1 Å². The third kappa shape index (κ3) is 2.89. The Balaban J connectivity index is 0.00000169. The van der Waals surface area contributed by atoms with Crippen molar-refractivity contribution in [2.45, 2.75) is 19.4 Å². The average molecular weight is 226 g/mol. The number of aryl methyl sites for hydroxylation is 1. The van der Waals surface area contributed by atoms with Gasteiger partial charge in [-0.1, -0.05) is 12.1 Å². The van der Waals surface area contributed by atoms with Crippen LogP contribution < -0.4 is 5.73 Å². The molecule has 0 aliphatic heterocycles. The van der Waals surface area contributed by atoms with Crippen molar-refractivity contribution in [3.05, 3.63) is 35.1 Å². The first kappa shape index (κ1) is 13.3. The largest absolute Gasteiger partial charge is 0.319 e. The highest BCUT2D eigenvalue weighted by molar-refractivity contribution is 5.85. The maximum absolute atomic E-state index is 12.9. The van der Waals surface area contributed by atoms with Crippen LogP contribution in [-0.2, 0) is 0 Å². The lowest BCUT2D eigenvalue weighted by molar-refractivity contribution is 0.116. The lowest BCUT2D eigenvalue weighted by atomic mass is 10.1. The molecule has 14 heavy (non-hydrogen) atoms. The highest BCUT2D eigenvalue weighted by atomic mass is 35.5. The first-order chi connectivity index (χ1) is 6.02. The van der Waals surface area contributed by atoms with Gasteiger partial charge < -0.3 is 5.73 Å². The predicted octanol–water partition coefficient (Wildman–Crippen LogP) is 2.82. The number of alkyl halides is 2. The van der Waals surface area contributed by atoms with Crippen molar-refractivity contribution in [3.63, 3.8) is 0 Å². The van der Waals surface area contributed by atoms with Crippen LogP contribution in [-0.4, -0.2) is 6.43 Å². The Labute approximate surface area is 86.5 Å². The molecule has 0 spiro atoms. The standard InChI is InChI=1S/C9H10F3N.ClH/c1-5-2-3-6(4-7(5)10)8(13)9(11)12;/h2-4,8-9H,13H2,1H3;1H/t8-;/m1./s1. The second-order valence-corrected chi connectivity index (χ2v) is 2.87. The van der Waals surface area contributed by atoms with Gasteiger partial charge in [0.1, 0.15) is 5.82 Å². The molecular formula is C9H11ClF3N. The zero-order chi connectivity index (χ0) is 10.0. The van der Waals surface area contributed by atoms with Crippen molar-refractivity contribution in [1.82, 2.24) is 0 Å². The van der Waals surface area contributed by atoms with E-state index in [1.54, 1.807) is 6.92 Å². The van der Waals surface area contributed by atoms with Crippen LogP contribution in [0.3, 0.4) is 0 Å². The number of hydrogen-bond acceptors (Lipinski definition) is 1. The van der Waals surface area contributed by atoms with Gasteiger partial charge in [-0.2, -0.15) is 0 Å². The molecule has 0 aliphatic carbocycles. The fourth-order valence-electron chi connectivity index (χ4n) is 0.962. The Kier molecular flexibility index (Phi) is 4.94. The highest BCUT2D eigenvalue weighted by Gasteiger charge is 2.17. The highest BCUT2D eigenvalue weighted by Crippen LogP contribution is 2.19. The molecule has 80 valence electrons. The van der Waals surface area contributed by atoms with Crippen LogP contribution in [0.25, 0.3) is 0 Å². The number of nitrogens with two attached hydrogens (primary N) is 1. The summed E-state index contributed by atoms with van der Waals surface area (Å²) in [6.07, 6.45) is -2.66. The minimum Gasteiger partial charge on any atom is -0.319 e. The molecule has 0 bridgehead atoms. The SMILES string of the molecule is Cc1ccc([C@@H](N)C(F)F)cc1F.Cl. The molecule has 0 radical (unpaired) electrons.